The minimum Gasteiger partial charge on any atom is -0.333 e. The number of halogens is 5. The predicted molar refractivity (Wildman–Crippen MR) is 44.8 cm³/mol. The number of nitrogens with two attached hydrogens (primary N) is 1. The van der Waals surface area contributed by atoms with Gasteiger partial charge in [-0.3, -0.25) is 4.79 Å². The van der Waals surface area contributed by atoms with Crippen LogP contribution in [0.4, 0.5) is 22.0 Å². The van der Waals surface area contributed by atoms with Crippen LogP contribution in [0.2, 0.25) is 0 Å². The normalized spacial score (nSPS) is 17.4. The molecule has 1 saturated carbocycles. The van der Waals surface area contributed by atoms with Crippen LogP contribution in [0.3, 0.4) is 0 Å². The average molecular weight is 246 g/mol. The number of rotatable bonds is 4. The lowest BCUT2D eigenvalue weighted by atomic mass is 10.2. The lowest BCUT2D eigenvalue weighted by molar-refractivity contribution is -0.274. The van der Waals surface area contributed by atoms with E-state index in [-0.39, 0.29) is 13.1 Å². The van der Waals surface area contributed by atoms with Crippen LogP contribution in [0.1, 0.15) is 12.8 Å². The van der Waals surface area contributed by atoms with Gasteiger partial charge in [0.05, 0.1) is 0 Å². The summed E-state index contributed by atoms with van der Waals surface area (Å²) in [5.41, 5.74) is 5.07. The third kappa shape index (κ3) is 2.42. The molecule has 8 heteroatoms. The van der Waals surface area contributed by atoms with Gasteiger partial charge < -0.3 is 10.6 Å². The zero-order valence-corrected chi connectivity index (χ0v) is 8.23. The SMILES string of the molecule is NCCN(C(=O)C(F)(F)C(F)(F)F)C1CC1. The van der Waals surface area contributed by atoms with Gasteiger partial charge in [0.2, 0.25) is 0 Å². The van der Waals surface area contributed by atoms with Crippen molar-refractivity contribution in [2.45, 2.75) is 31.0 Å². The Hall–Kier alpha value is -0.920. The Morgan fingerprint density at radius 3 is 2.06 bits per heavy atom. The molecule has 1 aliphatic rings. The number of carbonyl (C=O) groups excluding carboxylic acids is 1. The lowest BCUT2D eigenvalue weighted by Gasteiger charge is -2.27. The van der Waals surface area contributed by atoms with E-state index >= 15 is 0 Å². The van der Waals surface area contributed by atoms with E-state index in [9.17, 15) is 26.7 Å². The maximum atomic E-state index is 12.7. The van der Waals surface area contributed by atoms with Crippen molar-refractivity contribution in [2.24, 2.45) is 5.73 Å². The molecule has 0 spiro atoms. The predicted octanol–water partition coefficient (Wildman–Crippen LogP) is 1.13. The van der Waals surface area contributed by atoms with Crippen LogP contribution in [0.15, 0.2) is 0 Å². The molecular weight excluding hydrogens is 235 g/mol. The van der Waals surface area contributed by atoms with E-state index < -0.39 is 24.0 Å². The van der Waals surface area contributed by atoms with Gasteiger partial charge in [0, 0.05) is 19.1 Å². The van der Waals surface area contributed by atoms with Crippen molar-refractivity contribution in [3.05, 3.63) is 0 Å². The number of amides is 1. The van der Waals surface area contributed by atoms with Gasteiger partial charge in [-0.25, -0.2) is 0 Å². The minimum absolute atomic E-state index is 0.143. The summed E-state index contributed by atoms with van der Waals surface area (Å²) in [4.78, 5) is 11.6. The first-order valence-electron chi connectivity index (χ1n) is 4.67. The van der Waals surface area contributed by atoms with Crippen LogP contribution < -0.4 is 5.73 Å². The second kappa shape index (κ2) is 4.15. The van der Waals surface area contributed by atoms with Crippen LogP contribution in [-0.2, 0) is 4.79 Å². The molecule has 0 atom stereocenters. The molecule has 1 rings (SSSR count). The number of carbonyl (C=O) groups is 1. The van der Waals surface area contributed by atoms with Crippen molar-refractivity contribution < 1.29 is 26.7 Å². The average Bonchev–Trinajstić information content (AvgIpc) is 2.94. The van der Waals surface area contributed by atoms with E-state index in [1.807, 2.05) is 0 Å². The Bertz CT molecular complexity index is 274. The molecule has 0 aromatic rings. The topological polar surface area (TPSA) is 46.3 Å². The first-order valence-corrected chi connectivity index (χ1v) is 4.67. The molecule has 16 heavy (non-hydrogen) atoms. The largest absolute Gasteiger partial charge is 0.463 e. The van der Waals surface area contributed by atoms with Crippen molar-refractivity contribution >= 4 is 5.91 Å². The molecule has 3 nitrogen and oxygen atoms in total. The molecule has 0 aliphatic heterocycles. The van der Waals surface area contributed by atoms with E-state index in [0.717, 1.165) is 0 Å². The fraction of sp³-hybridized carbons (Fsp3) is 0.875. The first-order chi connectivity index (χ1) is 7.21. The van der Waals surface area contributed by atoms with Gasteiger partial charge in [-0.15, -0.1) is 0 Å². The monoisotopic (exact) mass is 246 g/mol. The minimum atomic E-state index is -5.86. The summed E-state index contributed by atoms with van der Waals surface area (Å²) in [6.45, 7) is -0.425. The Balaban J connectivity index is 2.81. The van der Waals surface area contributed by atoms with Gasteiger partial charge >= 0.3 is 18.0 Å². The molecule has 1 amide bonds. The van der Waals surface area contributed by atoms with Crippen molar-refractivity contribution in [3.8, 4) is 0 Å². The van der Waals surface area contributed by atoms with Crippen molar-refractivity contribution in [2.75, 3.05) is 13.1 Å². The van der Waals surface area contributed by atoms with Gasteiger partial charge in [-0.1, -0.05) is 0 Å². The molecule has 0 unspecified atom stereocenters. The lowest BCUT2D eigenvalue weighted by Crippen LogP contribution is -2.53. The quantitative estimate of drug-likeness (QED) is 0.756. The maximum Gasteiger partial charge on any atom is 0.463 e. The fourth-order valence-electron chi connectivity index (χ4n) is 1.28. The van der Waals surface area contributed by atoms with Gasteiger partial charge in [0.15, 0.2) is 0 Å². The van der Waals surface area contributed by atoms with Gasteiger partial charge in [-0.2, -0.15) is 22.0 Å². The number of hydrogen-bond acceptors (Lipinski definition) is 2. The van der Waals surface area contributed by atoms with Crippen molar-refractivity contribution in [1.82, 2.24) is 4.90 Å². The number of hydrogen-bond donors (Lipinski definition) is 1. The second-order valence-electron chi connectivity index (χ2n) is 3.59. The highest BCUT2D eigenvalue weighted by Crippen LogP contribution is 2.39. The van der Waals surface area contributed by atoms with Crippen molar-refractivity contribution in [3.63, 3.8) is 0 Å². The molecule has 0 aromatic heterocycles. The van der Waals surface area contributed by atoms with E-state index in [4.69, 9.17) is 5.73 Å². The molecule has 0 bridgehead atoms. The number of alkyl halides is 5. The van der Waals surface area contributed by atoms with Crippen LogP contribution >= 0.6 is 0 Å². The fourth-order valence-corrected chi connectivity index (χ4v) is 1.28. The van der Waals surface area contributed by atoms with Gasteiger partial charge in [0.25, 0.3) is 0 Å². The summed E-state index contributed by atoms with van der Waals surface area (Å²) < 4.78 is 61.3. The Morgan fingerprint density at radius 2 is 1.75 bits per heavy atom. The summed E-state index contributed by atoms with van der Waals surface area (Å²) in [5.74, 6) is -7.53. The molecule has 2 N–H and O–H groups in total. The maximum absolute atomic E-state index is 12.7. The molecule has 0 aromatic carbocycles. The molecule has 1 fully saturated rings. The summed E-state index contributed by atoms with van der Waals surface area (Å²) in [7, 11) is 0. The third-order valence-electron chi connectivity index (χ3n) is 2.24. The van der Waals surface area contributed by atoms with E-state index in [2.05, 4.69) is 0 Å². The van der Waals surface area contributed by atoms with Crippen LogP contribution in [0.5, 0.6) is 0 Å². The summed E-state index contributed by atoms with van der Waals surface area (Å²) in [6, 6.07) is -0.524. The third-order valence-corrected chi connectivity index (χ3v) is 2.24. The van der Waals surface area contributed by atoms with Crippen LogP contribution in [-0.4, -0.2) is 42.0 Å². The van der Waals surface area contributed by atoms with E-state index in [0.29, 0.717) is 17.7 Å². The smallest absolute Gasteiger partial charge is 0.333 e. The second-order valence-corrected chi connectivity index (χ2v) is 3.59. The molecular formula is C8H11F5N2O. The Morgan fingerprint density at radius 1 is 1.25 bits per heavy atom. The molecule has 0 saturated heterocycles. The first kappa shape index (κ1) is 13.1. The van der Waals surface area contributed by atoms with E-state index in [1.54, 1.807) is 0 Å². The Kier molecular flexibility index (Phi) is 3.41. The molecule has 0 radical (unpaired) electrons. The van der Waals surface area contributed by atoms with Gasteiger partial charge in [-0.05, 0) is 12.8 Å². The molecule has 94 valence electrons. The summed E-state index contributed by atoms with van der Waals surface area (Å²) in [6.07, 6.45) is -4.97. The van der Waals surface area contributed by atoms with Crippen molar-refractivity contribution in [1.29, 1.82) is 0 Å². The number of nitrogens with zero attached hydrogens (tertiary/aromatic N) is 1. The summed E-state index contributed by atoms with van der Waals surface area (Å²) in [5, 5.41) is 0. The molecule has 0 heterocycles. The highest BCUT2D eigenvalue weighted by atomic mass is 19.4. The van der Waals surface area contributed by atoms with Crippen LogP contribution in [0, 0.1) is 0 Å². The standard InChI is InChI=1S/C8H11F5N2O/c9-7(10,8(11,12)13)6(16)15(4-3-14)5-1-2-5/h5H,1-4,14H2. The highest BCUT2D eigenvalue weighted by molar-refractivity contribution is 5.85. The van der Waals surface area contributed by atoms with Crippen LogP contribution in [0.25, 0.3) is 0 Å². The molecule has 1 aliphatic carbocycles. The Labute approximate surface area is 88.4 Å². The van der Waals surface area contributed by atoms with Gasteiger partial charge in [0.1, 0.15) is 0 Å². The van der Waals surface area contributed by atoms with E-state index in [1.165, 1.54) is 0 Å². The highest BCUT2D eigenvalue weighted by Gasteiger charge is 2.65. The zero-order chi connectivity index (χ0) is 12.6. The summed E-state index contributed by atoms with van der Waals surface area (Å²) >= 11 is 0. The zero-order valence-electron chi connectivity index (χ0n) is 8.23.